The molecule has 1 atom stereocenters. The Bertz CT molecular complexity index is 793. The van der Waals surface area contributed by atoms with Gasteiger partial charge in [-0.3, -0.25) is 9.78 Å². The smallest absolute Gasteiger partial charge is 0.229 e. The van der Waals surface area contributed by atoms with E-state index in [1.54, 1.807) is 6.20 Å². The number of rotatable bonds is 5. The highest BCUT2D eigenvalue weighted by Gasteiger charge is 2.16. The Morgan fingerprint density at radius 1 is 1.30 bits per heavy atom. The van der Waals surface area contributed by atoms with Crippen LogP contribution in [0.4, 0.5) is 0 Å². The Balaban J connectivity index is 1.70. The number of amides is 1. The number of hydrogen-bond donors (Lipinski definition) is 1. The van der Waals surface area contributed by atoms with E-state index in [2.05, 4.69) is 15.3 Å². The number of aromatic nitrogens is 2. The summed E-state index contributed by atoms with van der Waals surface area (Å²) in [6.07, 6.45) is 2.66. The third-order valence-corrected chi connectivity index (χ3v) is 3.69. The molecule has 1 amide bonds. The van der Waals surface area contributed by atoms with E-state index in [1.807, 2.05) is 50.2 Å². The summed E-state index contributed by atoms with van der Waals surface area (Å²) < 4.78 is 5.59. The first-order chi connectivity index (χ1) is 11.2. The van der Waals surface area contributed by atoms with E-state index in [-0.39, 0.29) is 18.4 Å². The van der Waals surface area contributed by atoms with Gasteiger partial charge in [-0.2, -0.15) is 0 Å². The summed E-state index contributed by atoms with van der Waals surface area (Å²) in [4.78, 5) is 21.0. The quantitative estimate of drug-likeness (QED) is 0.785. The van der Waals surface area contributed by atoms with E-state index < -0.39 is 0 Å². The van der Waals surface area contributed by atoms with Crippen LogP contribution < -0.4 is 5.32 Å². The zero-order valence-electron chi connectivity index (χ0n) is 13.2. The number of hydrogen-bond acceptors (Lipinski definition) is 4. The third kappa shape index (κ3) is 3.56. The molecule has 0 aliphatic rings. The molecule has 1 aromatic carbocycles. The van der Waals surface area contributed by atoms with E-state index >= 15 is 0 Å². The van der Waals surface area contributed by atoms with Crippen LogP contribution in [-0.2, 0) is 11.2 Å². The fourth-order valence-electron chi connectivity index (χ4n) is 2.51. The predicted octanol–water partition coefficient (Wildman–Crippen LogP) is 3.34. The van der Waals surface area contributed by atoms with Crippen LogP contribution >= 0.6 is 0 Å². The number of oxazole rings is 1. The van der Waals surface area contributed by atoms with Gasteiger partial charge in [-0.15, -0.1) is 0 Å². The number of pyridine rings is 1. The van der Waals surface area contributed by atoms with Crippen molar-refractivity contribution in [1.29, 1.82) is 0 Å². The monoisotopic (exact) mass is 309 g/mol. The van der Waals surface area contributed by atoms with Crippen molar-refractivity contribution in [2.45, 2.75) is 32.7 Å². The van der Waals surface area contributed by atoms with Crippen molar-refractivity contribution in [1.82, 2.24) is 15.3 Å². The zero-order chi connectivity index (χ0) is 16.2. The summed E-state index contributed by atoms with van der Waals surface area (Å²) >= 11 is 0. The number of para-hydroxylation sites is 2. The van der Waals surface area contributed by atoms with Crippen LogP contribution in [0.15, 0.2) is 47.0 Å². The van der Waals surface area contributed by atoms with Crippen LogP contribution in [0, 0.1) is 6.92 Å². The standard InChI is InChI=1S/C18H19N3O2/c1-3-13(15-10-12(2)8-9-19-15)20-17(22)11-18-21-14-6-4-5-7-16(14)23-18/h4-10,13H,3,11H2,1-2H3,(H,20,22). The van der Waals surface area contributed by atoms with Crippen LogP contribution in [0.25, 0.3) is 11.1 Å². The molecule has 5 heteroatoms. The lowest BCUT2D eigenvalue weighted by atomic mass is 10.1. The summed E-state index contributed by atoms with van der Waals surface area (Å²) in [6.45, 7) is 4.03. The average molecular weight is 309 g/mol. The molecule has 0 bridgehead atoms. The van der Waals surface area contributed by atoms with Gasteiger partial charge in [-0.05, 0) is 43.2 Å². The molecule has 0 saturated heterocycles. The predicted molar refractivity (Wildman–Crippen MR) is 87.9 cm³/mol. The van der Waals surface area contributed by atoms with E-state index in [4.69, 9.17) is 4.42 Å². The van der Waals surface area contributed by atoms with Gasteiger partial charge in [0.1, 0.15) is 11.9 Å². The van der Waals surface area contributed by atoms with Gasteiger partial charge in [0.2, 0.25) is 11.8 Å². The SMILES string of the molecule is CCC(NC(=O)Cc1nc2ccccc2o1)c1cc(C)ccn1. The molecule has 0 saturated carbocycles. The molecule has 5 nitrogen and oxygen atoms in total. The fourth-order valence-corrected chi connectivity index (χ4v) is 2.51. The first-order valence-electron chi connectivity index (χ1n) is 7.72. The number of benzene rings is 1. The van der Waals surface area contributed by atoms with Crippen LogP contribution in [-0.4, -0.2) is 15.9 Å². The summed E-state index contributed by atoms with van der Waals surface area (Å²) in [5, 5.41) is 3.00. The molecule has 0 radical (unpaired) electrons. The van der Waals surface area contributed by atoms with Gasteiger partial charge in [-0.25, -0.2) is 4.98 Å². The minimum absolute atomic E-state index is 0.105. The van der Waals surface area contributed by atoms with Gasteiger partial charge in [0.25, 0.3) is 0 Å². The van der Waals surface area contributed by atoms with E-state index in [0.29, 0.717) is 11.5 Å². The molecule has 1 unspecified atom stereocenters. The van der Waals surface area contributed by atoms with Crippen molar-refractivity contribution in [3.63, 3.8) is 0 Å². The highest BCUT2D eigenvalue weighted by molar-refractivity contribution is 5.79. The highest BCUT2D eigenvalue weighted by atomic mass is 16.3. The van der Waals surface area contributed by atoms with Crippen molar-refractivity contribution >= 4 is 17.0 Å². The molecule has 2 aromatic heterocycles. The molecule has 118 valence electrons. The number of aryl methyl sites for hydroxylation is 1. The third-order valence-electron chi connectivity index (χ3n) is 3.69. The molecule has 0 aliphatic heterocycles. The molecule has 3 rings (SSSR count). The Morgan fingerprint density at radius 3 is 2.87 bits per heavy atom. The molecule has 23 heavy (non-hydrogen) atoms. The van der Waals surface area contributed by atoms with Crippen molar-refractivity contribution < 1.29 is 9.21 Å². The number of carbonyl (C=O) groups excluding carboxylic acids is 1. The minimum Gasteiger partial charge on any atom is -0.440 e. The Hall–Kier alpha value is -2.69. The van der Waals surface area contributed by atoms with E-state index in [0.717, 1.165) is 23.2 Å². The fraction of sp³-hybridized carbons (Fsp3) is 0.278. The molecule has 1 N–H and O–H groups in total. The Labute approximate surface area is 134 Å². The molecule has 0 aliphatic carbocycles. The topological polar surface area (TPSA) is 68.0 Å². The van der Waals surface area contributed by atoms with Gasteiger partial charge >= 0.3 is 0 Å². The first-order valence-corrected chi connectivity index (χ1v) is 7.72. The molecule has 0 spiro atoms. The summed E-state index contributed by atoms with van der Waals surface area (Å²) in [5.74, 6) is 0.308. The Morgan fingerprint density at radius 2 is 2.13 bits per heavy atom. The van der Waals surface area contributed by atoms with Crippen molar-refractivity contribution in [3.8, 4) is 0 Å². The second-order valence-corrected chi connectivity index (χ2v) is 5.54. The summed E-state index contributed by atoms with van der Waals surface area (Å²) in [5.41, 5.74) is 3.46. The molecule has 0 fully saturated rings. The van der Waals surface area contributed by atoms with E-state index in [1.165, 1.54) is 0 Å². The first kappa shape index (κ1) is 15.2. The average Bonchev–Trinajstić information content (AvgIpc) is 2.94. The number of fused-ring (bicyclic) bond motifs is 1. The maximum Gasteiger partial charge on any atom is 0.229 e. The Kier molecular flexibility index (Phi) is 4.37. The largest absolute Gasteiger partial charge is 0.440 e. The lowest BCUT2D eigenvalue weighted by Crippen LogP contribution is -2.30. The van der Waals surface area contributed by atoms with E-state index in [9.17, 15) is 4.79 Å². The van der Waals surface area contributed by atoms with Gasteiger partial charge in [-0.1, -0.05) is 19.1 Å². The number of carbonyl (C=O) groups is 1. The van der Waals surface area contributed by atoms with Gasteiger partial charge < -0.3 is 9.73 Å². The van der Waals surface area contributed by atoms with Gasteiger partial charge in [0.15, 0.2) is 5.58 Å². The minimum atomic E-state index is -0.119. The van der Waals surface area contributed by atoms with Crippen molar-refractivity contribution in [2.75, 3.05) is 0 Å². The molecular formula is C18H19N3O2. The van der Waals surface area contributed by atoms with Crippen LogP contribution in [0.5, 0.6) is 0 Å². The summed E-state index contributed by atoms with van der Waals surface area (Å²) in [6, 6.07) is 11.3. The lowest BCUT2D eigenvalue weighted by Gasteiger charge is -2.16. The molecule has 3 aromatic rings. The number of nitrogens with one attached hydrogen (secondary N) is 1. The lowest BCUT2D eigenvalue weighted by molar-refractivity contribution is -0.121. The van der Waals surface area contributed by atoms with Crippen molar-refractivity contribution in [3.05, 3.63) is 59.7 Å². The van der Waals surface area contributed by atoms with Gasteiger partial charge in [0.05, 0.1) is 11.7 Å². The maximum absolute atomic E-state index is 12.3. The highest BCUT2D eigenvalue weighted by Crippen LogP contribution is 2.17. The van der Waals surface area contributed by atoms with Crippen LogP contribution in [0.3, 0.4) is 0 Å². The zero-order valence-corrected chi connectivity index (χ0v) is 13.2. The number of nitrogens with zero attached hydrogens (tertiary/aromatic N) is 2. The normalized spacial score (nSPS) is 12.3. The second kappa shape index (κ2) is 6.60. The van der Waals surface area contributed by atoms with Gasteiger partial charge in [0, 0.05) is 6.20 Å². The van der Waals surface area contributed by atoms with Crippen molar-refractivity contribution in [2.24, 2.45) is 0 Å². The molecule has 2 heterocycles. The van der Waals surface area contributed by atoms with Crippen LogP contribution in [0.1, 0.15) is 36.5 Å². The maximum atomic E-state index is 12.3. The molecular weight excluding hydrogens is 290 g/mol. The van der Waals surface area contributed by atoms with Crippen LogP contribution in [0.2, 0.25) is 0 Å². The summed E-state index contributed by atoms with van der Waals surface area (Å²) in [7, 11) is 0. The second-order valence-electron chi connectivity index (χ2n) is 5.54.